The summed E-state index contributed by atoms with van der Waals surface area (Å²) in [7, 11) is 0. The van der Waals surface area contributed by atoms with Gasteiger partial charge in [0.15, 0.2) is 0 Å². The van der Waals surface area contributed by atoms with Crippen LogP contribution in [0.5, 0.6) is 11.5 Å². The molecule has 2 aromatic rings. The third-order valence-corrected chi connectivity index (χ3v) is 5.54. The summed E-state index contributed by atoms with van der Waals surface area (Å²) in [5.74, 6) is 1.79. The van der Waals surface area contributed by atoms with E-state index >= 15 is 0 Å². The second-order valence-electron chi connectivity index (χ2n) is 7.06. The standard InChI is InChI=1S/C22H29NO2/c1-4-22(3)20(23-5-2)15-21(22)25-19-13-11-18(12-14-19)24-16-17-9-7-6-8-10-17/h6-14,20-21,23H,4-5,15-16H2,1-3H3. The van der Waals surface area contributed by atoms with Crippen LogP contribution in [0.3, 0.4) is 0 Å². The van der Waals surface area contributed by atoms with Crippen molar-refractivity contribution in [1.82, 2.24) is 5.32 Å². The van der Waals surface area contributed by atoms with Gasteiger partial charge in [-0.3, -0.25) is 0 Å². The van der Waals surface area contributed by atoms with Gasteiger partial charge in [0.2, 0.25) is 0 Å². The van der Waals surface area contributed by atoms with Crippen LogP contribution in [-0.2, 0) is 6.61 Å². The molecule has 0 spiro atoms. The summed E-state index contributed by atoms with van der Waals surface area (Å²) in [6, 6.07) is 18.8. The van der Waals surface area contributed by atoms with Gasteiger partial charge in [0.25, 0.3) is 0 Å². The van der Waals surface area contributed by atoms with Crippen LogP contribution in [0.25, 0.3) is 0 Å². The highest BCUT2D eigenvalue weighted by Crippen LogP contribution is 2.46. The van der Waals surface area contributed by atoms with E-state index in [9.17, 15) is 0 Å². The fourth-order valence-electron chi connectivity index (χ4n) is 3.56. The third-order valence-electron chi connectivity index (χ3n) is 5.54. The molecule has 1 aliphatic rings. The molecule has 1 saturated carbocycles. The molecule has 0 aromatic heterocycles. The highest BCUT2D eigenvalue weighted by Gasteiger charge is 2.51. The Morgan fingerprint density at radius 3 is 2.32 bits per heavy atom. The molecule has 0 heterocycles. The van der Waals surface area contributed by atoms with E-state index in [1.807, 2.05) is 42.5 Å². The van der Waals surface area contributed by atoms with Crippen molar-refractivity contribution in [2.45, 2.75) is 52.4 Å². The van der Waals surface area contributed by atoms with Gasteiger partial charge in [0, 0.05) is 17.9 Å². The molecule has 0 radical (unpaired) electrons. The van der Waals surface area contributed by atoms with E-state index in [0.717, 1.165) is 30.9 Å². The molecule has 0 saturated heterocycles. The molecule has 3 unspecified atom stereocenters. The van der Waals surface area contributed by atoms with Gasteiger partial charge < -0.3 is 14.8 Å². The van der Waals surface area contributed by atoms with E-state index in [4.69, 9.17) is 9.47 Å². The highest BCUT2D eigenvalue weighted by atomic mass is 16.5. The van der Waals surface area contributed by atoms with Gasteiger partial charge in [-0.2, -0.15) is 0 Å². The molecule has 3 rings (SSSR count). The van der Waals surface area contributed by atoms with E-state index < -0.39 is 0 Å². The molecule has 1 fully saturated rings. The fourth-order valence-corrected chi connectivity index (χ4v) is 3.56. The lowest BCUT2D eigenvalue weighted by atomic mass is 9.61. The van der Waals surface area contributed by atoms with Gasteiger partial charge in [-0.1, -0.05) is 51.1 Å². The summed E-state index contributed by atoms with van der Waals surface area (Å²) >= 11 is 0. The van der Waals surface area contributed by atoms with Crippen molar-refractivity contribution in [3.63, 3.8) is 0 Å². The van der Waals surface area contributed by atoms with Crippen LogP contribution in [0.15, 0.2) is 54.6 Å². The number of rotatable bonds is 8. The van der Waals surface area contributed by atoms with E-state index in [-0.39, 0.29) is 11.5 Å². The SMILES string of the molecule is CCNC1CC(Oc2ccc(OCc3ccccc3)cc2)C1(C)CC. The van der Waals surface area contributed by atoms with Gasteiger partial charge in [-0.15, -0.1) is 0 Å². The van der Waals surface area contributed by atoms with E-state index in [2.05, 4.69) is 38.2 Å². The van der Waals surface area contributed by atoms with Crippen molar-refractivity contribution in [1.29, 1.82) is 0 Å². The highest BCUT2D eigenvalue weighted by molar-refractivity contribution is 5.32. The van der Waals surface area contributed by atoms with Crippen molar-refractivity contribution in [2.24, 2.45) is 5.41 Å². The van der Waals surface area contributed by atoms with E-state index in [0.29, 0.717) is 12.6 Å². The Hall–Kier alpha value is -2.00. The summed E-state index contributed by atoms with van der Waals surface area (Å²) in [5, 5.41) is 3.58. The van der Waals surface area contributed by atoms with Crippen molar-refractivity contribution in [2.75, 3.05) is 6.54 Å². The molecule has 2 aromatic carbocycles. The topological polar surface area (TPSA) is 30.5 Å². The zero-order valence-electron chi connectivity index (χ0n) is 15.5. The van der Waals surface area contributed by atoms with Crippen LogP contribution in [0.4, 0.5) is 0 Å². The Kier molecular flexibility index (Phi) is 5.64. The summed E-state index contributed by atoms with van der Waals surface area (Å²) in [6.45, 7) is 8.34. The number of hydrogen-bond donors (Lipinski definition) is 1. The largest absolute Gasteiger partial charge is 0.490 e. The first-order valence-corrected chi connectivity index (χ1v) is 9.32. The Morgan fingerprint density at radius 2 is 1.68 bits per heavy atom. The molecule has 25 heavy (non-hydrogen) atoms. The average Bonchev–Trinajstić information content (AvgIpc) is 2.66. The summed E-state index contributed by atoms with van der Waals surface area (Å²) in [6.07, 6.45) is 2.47. The van der Waals surface area contributed by atoms with Crippen molar-refractivity contribution < 1.29 is 9.47 Å². The molecule has 0 aliphatic heterocycles. The molecule has 3 heteroatoms. The monoisotopic (exact) mass is 339 g/mol. The maximum absolute atomic E-state index is 6.26. The van der Waals surface area contributed by atoms with Crippen LogP contribution >= 0.6 is 0 Å². The minimum absolute atomic E-state index is 0.207. The molecule has 3 atom stereocenters. The number of nitrogens with one attached hydrogen (secondary N) is 1. The molecule has 0 bridgehead atoms. The lowest BCUT2D eigenvalue weighted by molar-refractivity contribution is -0.0697. The molecule has 1 N–H and O–H groups in total. The van der Waals surface area contributed by atoms with Crippen LogP contribution in [0, 0.1) is 5.41 Å². The first-order chi connectivity index (χ1) is 12.2. The summed E-state index contributed by atoms with van der Waals surface area (Å²) < 4.78 is 12.1. The Labute approximate surface area is 151 Å². The van der Waals surface area contributed by atoms with E-state index in [1.54, 1.807) is 0 Å². The Morgan fingerprint density at radius 1 is 1.00 bits per heavy atom. The van der Waals surface area contributed by atoms with Crippen molar-refractivity contribution in [3.05, 3.63) is 60.2 Å². The Bertz CT molecular complexity index is 655. The van der Waals surface area contributed by atoms with Crippen molar-refractivity contribution >= 4 is 0 Å². The van der Waals surface area contributed by atoms with Crippen LogP contribution in [0.2, 0.25) is 0 Å². The average molecular weight is 339 g/mol. The summed E-state index contributed by atoms with van der Waals surface area (Å²) in [5.41, 5.74) is 1.38. The number of hydrogen-bond acceptors (Lipinski definition) is 3. The van der Waals surface area contributed by atoms with Crippen molar-refractivity contribution in [3.8, 4) is 11.5 Å². The van der Waals surface area contributed by atoms with Crippen LogP contribution < -0.4 is 14.8 Å². The maximum atomic E-state index is 6.26. The van der Waals surface area contributed by atoms with Gasteiger partial charge in [0.05, 0.1) is 0 Å². The summed E-state index contributed by atoms with van der Waals surface area (Å²) in [4.78, 5) is 0. The molecular formula is C22H29NO2. The zero-order chi connectivity index (χ0) is 17.7. The minimum atomic E-state index is 0.207. The number of benzene rings is 2. The second kappa shape index (κ2) is 7.92. The predicted molar refractivity (Wildman–Crippen MR) is 102 cm³/mol. The normalized spacial score (nSPS) is 25.2. The molecular weight excluding hydrogens is 310 g/mol. The molecule has 3 nitrogen and oxygen atoms in total. The van der Waals surface area contributed by atoms with Crippen LogP contribution in [-0.4, -0.2) is 18.7 Å². The lowest BCUT2D eigenvalue weighted by Crippen LogP contribution is -2.63. The van der Waals surface area contributed by atoms with Gasteiger partial charge >= 0.3 is 0 Å². The van der Waals surface area contributed by atoms with Gasteiger partial charge in [0.1, 0.15) is 24.2 Å². The Balaban J connectivity index is 1.54. The molecule has 0 amide bonds. The van der Waals surface area contributed by atoms with Crippen LogP contribution in [0.1, 0.15) is 39.2 Å². The van der Waals surface area contributed by atoms with E-state index in [1.165, 1.54) is 5.56 Å². The quantitative estimate of drug-likeness (QED) is 0.748. The van der Waals surface area contributed by atoms with Gasteiger partial charge in [-0.25, -0.2) is 0 Å². The smallest absolute Gasteiger partial charge is 0.120 e. The second-order valence-corrected chi connectivity index (χ2v) is 7.06. The third kappa shape index (κ3) is 3.98. The first-order valence-electron chi connectivity index (χ1n) is 9.32. The molecule has 1 aliphatic carbocycles. The van der Waals surface area contributed by atoms with Gasteiger partial charge in [-0.05, 0) is 42.8 Å². The zero-order valence-corrected chi connectivity index (χ0v) is 15.5. The maximum Gasteiger partial charge on any atom is 0.120 e. The molecule has 134 valence electrons. The first kappa shape index (κ1) is 17.8. The lowest BCUT2D eigenvalue weighted by Gasteiger charge is -2.53. The fraction of sp³-hybridized carbons (Fsp3) is 0.455. The number of ether oxygens (including phenoxy) is 2. The predicted octanol–water partition coefficient (Wildman–Crippen LogP) is 4.81. The minimum Gasteiger partial charge on any atom is -0.490 e.